The Morgan fingerprint density at radius 2 is 2.00 bits per heavy atom. The SMILES string of the molecule is O=S(=O)(Nc1ccc(Cl)nn1)N1CCOCC1. The van der Waals surface area contributed by atoms with Crippen molar-refractivity contribution in [1.82, 2.24) is 14.5 Å². The maximum absolute atomic E-state index is 11.9. The third-order valence-electron chi connectivity index (χ3n) is 2.18. The number of anilines is 1. The van der Waals surface area contributed by atoms with Gasteiger partial charge in [0.05, 0.1) is 13.2 Å². The number of aromatic nitrogens is 2. The maximum Gasteiger partial charge on any atom is 0.303 e. The van der Waals surface area contributed by atoms with Crippen molar-refractivity contribution < 1.29 is 13.2 Å². The molecule has 1 aromatic rings. The first kappa shape index (κ1) is 12.5. The molecule has 1 N–H and O–H groups in total. The lowest BCUT2D eigenvalue weighted by molar-refractivity contribution is 0.0733. The highest BCUT2D eigenvalue weighted by Gasteiger charge is 2.24. The summed E-state index contributed by atoms with van der Waals surface area (Å²) < 4.78 is 32.5. The molecule has 1 fully saturated rings. The fraction of sp³-hybridized carbons (Fsp3) is 0.500. The highest BCUT2D eigenvalue weighted by Crippen LogP contribution is 2.11. The van der Waals surface area contributed by atoms with Crippen LogP contribution in [0, 0.1) is 0 Å². The molecule has 0 bridgehead atoms. The van der Waals surface area contributed by atoms with Gasteiger partial charge in [-0.2, -0.15) is 12.7 Å². The number of ether oxygens (including phenoxy) is 1. The molecule has 1 aromatic heterocycles. The quantitative estimate of drug-likeness (QED) is 0.849. The van der Waals surface area contributed by atoms with Crippen molar-refractivity contribution in [2.75, 3.05) is 31.0 Å². The molecule has 2 heterocycles. The van der Waals surface area contributed by atoms with E-state index in [1.807, 2.05) is 0 Å². The summed E-state index contributed by atoms with van der Waals surface area (Å²) in [6.45, 7) is 1.45. The molecule has 0 saturated carbocycles. The van der Waals surface area contributed by atoms with Crippen molar-refractivity contribution in [3.05, 3.63) is 17.3 Å². The molecule has 2 rings (SSSR count). The number of morpholine rings is 1. The molecular weight excluding hydrogens is 268 g/mol. The van der Waals surface area contributed by atoms with Crippen LogP contribution in [0.5, 0.6) is 0 Å². The van der Waals surface area contributed by atoms with Gasteiger partial charge in [0.1, 0.15) is 0 Å². The summed E-state index contributed by atoms with van der Waals surface area (Å²) in [6, 6.07) is 2.92. The van der Waals surface area contributed by atoms with Crippen molar-refractivity contribution in [2.24, 2.45) is 0 Å². The van der Waals surface area contributed by atoms with Crippen molar-refractivity contribution in [1.29, 1.82) is 0 Å². The van der Waals surface area contributed by atoms with Crippen LogP contribution in [0.25, 0.3) is 0 Å². The molecule has 0 unspecified atom stereocenters. The fourth-order valence-corrected chi connectivity index (χ4v) is 2.59. The standard InChI is InChI=1S/C8H11ClN4O3S/c9-7-1-2-8(11-10-7)12-17(14,15)13-3-5-16-6-4-13/h1-2H,3-6H2,(H,11,12). The Kier molecular flexibility index (Phi) is 3.77. The lowest BCUT2D eigenvalue weighted by Gasteiger charge is -2.25. The lowest BCUT2D eigenvalue weighted by atomic mass is 10.5. The van der Waals surface area contributed by atoms with Gasteiger partial charge in [-0.3, -0.25) is 4.72 Å². The Morgan fingerprint density at radius 3 is 2.59 bits per heavy atom. The van der Waals surface area contributed by atoms with Crippen LogP contribution in [0.15, 0.2) is 12.1 Å². The first-order valence-electron chi connectivity index (χ1n) is 4.93. The Morgan fingerprint density at radius 1 is 1.29 bits per heavy atom. The molecule has 7 nitrogen and oxygen atoms in total. The molecule has 1 aliphatic heterocycles. The topological polar surface area (TPSA) is 84.4 Å². The van der Waals surface area contributed by atoms with E-state index in [2.05, 4.69) is 14.9 Å². The summed E-state index contributed by atoms with van der Waals surface area (Å²) in [7, 11) is -3.59. The zero-order valence-electron chi connectivity index (χ0n) is 8.84. The van der Waals surface area contributed by atoms with Gasteiger partial charge in [0.25, 0.3) is 0 Å². The minimum atomic E-state index is -3.59. The number of nitrogens with one attached hydrogen (secondary N) is 1. The molecule has 94 valence electrons. The van der Waals surface area contributed by atoms with E-state index in [-0.39, 0.29) is 11.0 Å². The van der Waals surface area contributed by atoms with Gasteiger partial charge >= 0.3 is 10.2 Å². The Labute approximate surface area is 104 Å². The van der Waals surface area contributed by atoms with Gasteiger partial charge in [0, 0.05) is 13.1 Å². The van der Waals surface area contributed by atoms with Crippen LogP contribution >= 0.6 is 11.6 Å². The molecule has 0 spiro atoms. The van der Waals surface area contributed by atoms with E-state index < -0.39 is 10.2 Å². The zero-order chi connectivity index (χ0) is 12.3. The molecule has 0 atom stereocenters. The molecule has 1 saturated heterocycles. The van der Waals surface area contributed by atoms with Gasteiger partial charge < -0.3 is 4.74 Å². The Bertz CT molecular complexity index is 472. The Balaban J connectivity index is 2.08. The van der Waals surface area contributed by atoms with Gasteiger partial charge in [0.2, 0.25) is 0 Å². The van der Waals surface area contributed by atoms with Crippen LogP contribution < -0.4 is 4.72 Å². The second-order valence-electron chi connectivity index (χ2n) is 3.36. The summed E-state index contributed by atoms with van der Waals surface area (Å²) in [5.74, 6) is 0.140. The van der Waals surface area contributed by atoms with E-state index in [1.54, 1.807) is 0 Å². The smallest absolute Gasteiger partial charge is 0.303 e. The second kappa shape index (κ2) is 5.13. The van der Waals surface area contributed by atoms with Crippen molar-refractivity contribution >= 4 is 27.6 Å². The van der Waals surface area contributed by atoms with Crippen LogP contribution in [-0.4, -0.2) is 49.2 Å². The average molecular weight is 279 g/mol. The summed E-state index contributed by atoms with van der Waals surface area (Å²) in [4.78, 5) is 0. The fourth-order valence-electron chi connectivity index (χ4n) is 1.35. The first-order valence-corrected chi connectivity index (χ1v) is 6.74. The lowest BCUT2D eigenvalue weighted by Crippen LogP contribution is -2.43. The van der Waals surface area contributed by atoms with E-state index in [0.29, 0.717) is 26.3 Å². The molecule has 0 aromatic carbocycles. The molecule has 17 heavy (non-hydrogen) atoms. The van der Waals surface area contributed by atoms with E-state index in [9.17, 15) is 8.42 Å². The van der Waals surface area contributed by atoms with E-state index in [4.69, 9.17) is 16.3 Å². The van der Waals surface area contributed by atoms with Crippen LogP contribution in [0.3, 0.4) is 0 Å². The maximum atomic E-state index is 11.9. The van der Waals surface area contributed by atoms with Crippen LogP contribution in [0.2, 0.25) is 5.15 Å². The first-order chi connectivity index (χ1) is 8.08. The number of halogens is 1. The number of nitrogens with zero attached hydrogens (tertiary/aromatic N) is 3. The van der Waals surface area contributed by atoms with E-state index >= 15 is 0 Å². The van der Waals surface area contributed by atoms with Gasteiger partial charge in [-0.05, 0) is 12.1 Å². The molecule has 0 amide bonds. The predicted molar refractivity (Wildman–Crippen MR) is 62.0 cm³/mol. The van der Waals surface area contributed by atoms with Gasteiger partial charge in [-0.25, -0.2) is 0 Å². The number of hydrogen-bond donors (Lipinski definition) is 1. The summed E-state index contributed by atoms with van der Waals surface area (Å²) in [5, 5.41) is 7.39. The third kappa shape index (κ3) is 3.25. The average Bonchev–Trinajstić information content (AvgIpc) is 2.33. The van der Waals surface area contributed by atoms with Gasteiger partial charge in [-0.1, -0.05) is 11.6 Å². The third-order valence-corrected chi connectivity index (χ3v) is 3.89. The van der Waals surface area contributed by atoms with E-state index in [1.165, 1.54) is 16.4 Å². The number of rotatable bonds is 3. The van der Waals surface area contributed by atoms with Gasteiger partial charge in [-0.15, -0.1) is 10.2 Å². The largest absolute Gasteiger partial charge is 0.379 e. The van der Waals surface area contributed by atoms with Crippen molar-refractivity contribution in [3.63, 3.8) is 0 Å². The summed E-state index contributed by atoms with van der Waals surface area (Å²) in [5.41, 5.74) is 0. The monoisotopic (exact) mass is 278 g/mol. The summed E-state index contributed by atoms with van der Waals surface area (Å²) in [6.07, 6.45) is 0. The number of hydrogen-bond acceptors (Lipinski definition) is 5. The van der Waals surface area contributed by atoms with Crippen molar-refractivity contribution in [2.45, 2.75) is 0 Å². The summed E-state index contributed by atoms with van der Waals surface area (Å²) >= 11 is 5.55. The predicted octanol–water partition coefficient (Wildman–Crippen LogP) is 0.119. The normalized spacial score (nSPS) is 17.9. The Hall–Kier alpha value is -0.960. The minimum absolute atomic E-state index is 0.140. The molecule has 1 aliphatic rings. The van der Waals surface area contributed by atoms with Crippen LogP contribution in [0.4, 0.5) is 5.82 Å². The van der Waals surface area contributed by atoms with Gasteiger partial charge in [0.15, 0.2) is 11.0 Å². The van der Waals surface area contributed by atoms with Crippen molar-refractivity contribution in [3.8, 4) is 0 Å². The second-order valence-corrected chi connectivity index (χ2v) is 5.42. The van der Waals surface area contributed by atoms with E-state index in [0.717, 1.165) is 0 Å². The van der Waals surface area contributed by atoms with Crippen LogP contribution in [0.1, 0.15) is 0 Å². The molecule has 0 radical (unpaired) electrons. The zero-order valence-corrected chi connectivity index (χ0v) is 10.4. The highest BCUT2D eigenvalue weighted by molar-refractivity contribution is 7.90. The minimum Gasteiger partial charge on any atom is -0.379 e. The molecule has 0 aliphatic carbocycles. The molecular formula is C8H11ClN4O3S. The van der Waals surface area contributed by atoms with Crippen LogP contribution in [-0.2, 0) is 14.9 Å². The highest BCUT2D eigenvalue weighted by atomic mass is 35.5. The molecule has 9 heteroatoms.